The summed E-state index contributed by atoms with van der Waals surface area (Å²) in [5, 5.41) is 0. The average Bonchev–Trinajstić information content (AvgIpc) is 2.34. The third kappa shape index (κ3) is 2.66. The summed E-state index contributed by atoms with van der Waals surface area (Å²) in [5.41, 5.74) is 0. The maximum Gasteiger partial charge on any atom is 0.00507 e. The van der Waals surface area contributed by atoms with E-state index in [0.29, 0.717) is 0 Å². The van der Waals surface area contributed by atoms with Gasteiger partial charge >= 0.3 is 0 Å². The Kier molecular flexibility index (Phi) is 3.13. The summed E-state index contributed by atoms with van der Waals surface area (Å²) in [6, 6.07) is 4.52. The van der Waals surface area contributed by atoms with Gasteiger partial charge in [0, 0.05) is 9.75 Å². The normalized spacial score (nSPS) is 10.9. The van der Waals surface area contributed by atoms with Crippen molar-refractivity contribution in [1.29, 1.82) is 0 Å². The van der Waals surface area contributed by atoms with E-state index in [0.717, 1.165) is 5.92 Å². The molecule has 1 aromatic heterocycles. The molecular formula is C10H16S. The molecule has 0 amide bonds. The Morgan fingerprint density at radius 1 is 1.27 bits per heavy atom. The SMILES string of the molecule is CCc1ccc(CC(C)C)s1. The third-order valence-electron chi connectivity index (χ3n) is 1.68. The first-order chi connectivity index (χ1) is 5.22. The topological polar surface area (TPSA) is 0 Å². The van der Waals surface area contributed by atoms with E-state index in [1.807, 2.05) is 11.3 Å². The summed E-state index contributed by atoms with van der Waals surface area (Å²) in [4.78, 5) is 3.05. The fourth-order valence-electron chi connectivity index (χ4n) is 1.12. The van der Waals surface area contributed by atoms with Crippen molar-refractivity contribution >= 4 is 11.3 Å². The molecule has 0 unspecified atom stereocenters. The van der Waals surface area contributed by atoms with E-state index in [9.17, 15) is 0 Å². The van der Waals surface area contributed by atoms with Gasteiger partial charge in [-0.1, -0.05) is 20.8 Å². The summed E-state index contributed by atoms with van der Waals surface area (Å²) in [5.74, 6) is 0.790. The van der Waals surface area contributed by atoms with Gasteiger partial charge in [0.1, 0.15) is 0 Å². The lowest BCUT2D eigenvalue weighted by Crippen LogP contribution is -1.89. The van der Waals surface area contributed by atoms with Crippen LogP contribution in [0.3, 0.4) is 0 Å². The van der Waals surface area contributed by atoms with Crippen LogP contribution in [0.5, 0.6) is 0 Å². The molecule has 0 aromatic carbocycles. The van der Waals surface area contributed by atoms with Crippen molar-refractivity contribution in [2.24, 2.45) is 5.92 Å². The molecular weight excluding hydrogens is 152 g/mol. The van der Waals surface area contributed by atoms with Crippen LogP contribution in [-0.2, 0) is 12.8 Å². The molecule has 0 saturated heterocycles. The first-order valence-corrected chi connectivity index (χ1v) is 5.11. The number of rotatable bonds is 3. The first-order valence-electron chi connectivity index (χ1n) is 4.30. The average molecular weight is 168 g/mol. The fourth-order valence-corrected chi connectivity index (χ4v) is 2.29. The van der Waals surface area contributed by atoms with E-state index in [1.54, 1.807) is 0 Å². The van der Waals surface area contributed by atoms with E-state index in [-0.39, 0.29) is 0 Å². The first kappa shape index (κ1) is 8.79. The summed E-state index contributed by atoms with van der Waals surface area (Å²) in [6.45, 7) is 6.75. The van der Waals surface area contributed by atoms with Crippen LogP contribution in [0.25, 0.3) is 0 Å². The minimum absolute atomic E-state index is 0.790. The molecule has 0 aliphatic rings. The summed E-state index contributed by atoms with van der Waals surface area (Å²) < 4.78 is 0. The molecule has 0 atom stereocenters. The predicted molar refractivity (Wildman–Crippen MR) is 52.2 cm³/mol. The van der Waals surface area contributed by atoms with Crippen molar-refractivity contribution in [1.82, 2.24) is 0 Å². The largest absolute Gasteiger partial charge is 0.145 e. The van der Waals surface area contributed by atoms with Gasteiger partial charge in [0.2, 0.25) is 0 Å². The molecule has 1 heterocycles. The highest BCUT2D eigenvalue weighted by atomic mass is 32.1. The Morgan fingerprint density at radius 2 is 1.91 bits per heavy atom. The Bertz CT molecular complexity index is 210. The standard InChI is InChI=1S/C10H16S/c1-4-9-5-6-10(11-9)7-8(2)3/h5-6,8H,4,7H2,1-3H3. The summed E-state index contributed by atoms with van der Waals surface area (Å²) in [6.07, 6.45) is 2.42. The second-order valence-electron chi connectivity index (χ2n) is 3.32. The zero-order chi connectivity index (χ0) is 8.27. The van der Waals surface area contributed by atoms with Crippen LogP contribution in [0.2, 0.25) is 0 Å². The molecule has 0 saturated carbocycles. The van der Waals surface area contributed by atoms with Crippen LogP contribution >= 0.6 is 11.3 Å². The molecule has 0 N–H and O–H groups in total. The molecule has 11 heavy (non-hydrogen) atoms. The van der Waals surface area contributed by atoms with Gasteiger partial charge < -0.3 is 0 Å². The second-order valence-corrected chi connectivity index (χ2v) is 4.57. The number of aryl methyl sites for hydroxylation is 1. The second kappa shape index (κ2) is 3.91. The Morgan fingerprint density at radius 3 is 2.36 bits per heavy atom. The smallest absolute Gasteiger partial charge is 0.00507 e. The van der Waals surface area contributed by atoms with Gasteiger partial charge in [0.15, 0.2) is 0 Å². The highest BCUT2D eigenvalue weighted by Crippen LogP contribution is 2.19. The Hall–Kier alpha value is -0.300. The van der Waals surface area contributed by atoms with E-state index in [2.05, 4.69) is 32.9 Å². The van der Waals surface area contributed by atoms with Gasteiger partial charge in [-0.05, 0) is 30.9 Å². The van der Waals surface area contributed by atoms with Crippen LogP contribution in [0.4, 0.5) is 0 Å². The highest BCUT2D eigenvalue weighted by Gasteiger charge is 2.00. The van der Waals surface area contributed by atoms with Crippen molar-refractivity contribution in [2.75, 3.05) is 0 Å². The molecule has 0 bridgehead atoms. The minimum atomic E-state index is 0.790. The van der Waals surface area contributed by atoms with Crippen molar-refractivity contribution in [2.45, 2.75) is 33.6 Å². The van der Waals surface area contributed by atoms with Crippen molar-refractivity contribution in [3.63, 3.8) is 0 Å². The van der Waals surface area contributed by atoms with E-state index < -0.39 is 0 Å². The van der Waals surface area contributed by atoms with Crippen LogP contribution < -0.4 is 0 Å². The molecule has 1 aromatic rings. The summed E-state index contributed by atoms with van der Waals surface area (Å²) >= 11 is 1.96. The highest BCUT2D eigenvalue weighted by molar-refractivity contribution is 7.11. The van der Waals surface area contributed by atoms with Gasteiger partial charge in [-0.3, -0.25) is 0 Å². The maximum atomic E-state index is 2.27. The zero-order valence-electron chi connectivity index (χ0n) is 7.55. The number of hydrogen-bond donors (Lipinski definition) is 0. The molecule has 0 aliphatic heterocycles. The van der Waals surface area contributed by atoms with Crippen molar-refractivity contribution in [3.8, 4) is 0 Å². The third-order valence-corrected chi connectivity index (χ3v) is 2.93. The van der Waals surface area contributed by atoms with Crippen LogP contribution in [0.15, 0.2) is 12.1 Å². The molecule has 0 nitrogen and oxygen atoms in total. The molecule has 62 valence electrons. The van der Waals surface area contributed by atoms with E-state index in [4.69, 9.17) is 0 Å². The monoisotopic (exact) mass is 168 g/mol. The quantitative estimate of drug-likeness (QED) is 0.648. The van der Waals surface area contributed by atoms with Gasteiger partial charge in [0.05, 0.1) is 0 Å². The van der Waals surface area contributed by atoms with Gasteiger partial charge in [-0.2, -0.15) is 0 Å². The Labute approximate surface area is 73.3 Å². The Balaban J connectivity index is 2.58. The van der Waals surface area contributed by atoms with Gasteiger partial charge in [-0.15, -0.1) is 11.3 Å². The van der Waals surface area contributed by atoms with Crippen molar-refractivity contribution < 1.29 is 0 Å². The van der Waals surface area contributed by atoms with E-state index in [1.165, 1.54) is 22.6 Å². The fraction of sp³-hybridized carbons (Fsp3) is 0.600. The summed E-state index contributed by atoms with van der Waals surface area (Å²) in [7, 11) is 0. The maximum absolute atomic E-state index is 2.27. The molecule has 1 heteroatoms. The lowest BCUT2D eigenvalue weighted by atomic mass is 10.1. The van der Waals surface area contributed by atoms with Crippen LogP contribution in [0.1, 0.15) is 30.5 Å². The minimum Gasteiger partial charge on any atom is -0.145 e. The number of thiophene rings is 1. The lowest BCUT2D eigenvalue weighted by molar-refractivity contribution is 0.654. The van der Waals surface area contributed by atoms with Gasteiger partial charge in [0.25, 0.3) is 0 Å². The molecule has 0 aliphatic carbocycles. The molecule has 0 spiro atoms. The molecule has 1 rings (SSSR count). The van der Waals surface area contributed by atoms with Crippen LogP contribution in [0, 0.1) is 5.92 Å². The molecule has 0 fully saturated rings. The van der Waals surface area contributed by atoms with Crippen molar-refractivity contribution in [3.05, 3.63) is 21.9 Å². The predicted octanol–water partition coefficient (Wildman–Crippen LogP) is 3.51. The van der Waals surface area contributed by atoms with Gasteiger partial charge in [-0.25, -0.2) is 0 Å². The van der Waals surface area contributed by atoms with E-state index >= 15 is 0 Å². The number of hydrogen-bond acceptors (Lipinski definition) is 1. The molecule has 0 radical (unpaired) electrons. The lowest BCUT2D eigenvalue weighted by Gasteiger charge is -1.99. The zero-order valence-corrected chi connectivity index (χ0v) is 8.37. The van der Waals surface area contributed by atoms with Crippen LogP contribution in [-0.4, -0.2) is 0 Å².